The van der Waals surface area contributed by atoms with E-state index in [1.165, 1.54) is 10.5 Å². The first kappa shape index (κ1) is 15.9. The molecule has 1 atom stereocenters. The maximum absolute atomic E-state index is 12.2. The lowest BCUT2D eigenvalue weighted by Crippen LogP contribution is -2.34. The Hall–Kier alpha value is -1.99. The smallest absolute Gasteiger partial charge is 0.319 e. The molecule has 0 bridgehead atoms. The topological polar surface area (TPSA) is 68.2 Å². The molecule has 2 aromatic rings. The number of aromatic nitrogens is 2. The van der Waals surface area contributed by atoms with Crippen LogP contribution in [0.2, 0.25) is 0 Å². The van der Waals surface area contributed by atoms with Gasteiger partial charge in [-0.05, 0) is 18.1 Å². The zero-order chi connectivity index (χ0) is 16.1. The molecule has 23 heavy (non-hydrogen) atoms. The number of nitrogens with one attached hydrogen (secondary N) is 2. The number of urea groups is 1. The Labute approximate surface area is 139 Å². The number of carbonyl (C=O) groups excluding carboxylic acids is 1. The Morgan fingerprint density at radius 1 is 1.48 bits per heavy atom. The number of thioether (sulfide) groups is 1. The molecule has 0 saturated heterocycles. The molecule has 7 heteroatoms. The van der Waals surface area contributed by atoms with Crippen LogP contribution in [0.5, 0.6) is 0 Å². The third-order valence-electron chi connectivity index (χ3n) is 3.68. The number of nitrogens with zero attached hydrogens (tertiary/aromatic N) is 2. The Balaban J connectivity index is 1.59. The van der Waals surface area contributed by atoms with Crippen molar-refractivity contribution in [2.45, 2.75) is 23.9 Å². The van der Waals surface area contributed by atoms with Crippen molar-refractivity contribution in [3.05, 3.63) is 42.2 Å². The van der Waals surface area contributed by atoms with Crippen molar-refractivity contribution in [2.24, 2.45) is 0 Å². The summed E-state index contributed by atoms with van der Waals surface area (Å²) in [6.45, 7) is 1.25. The lowest BCUT2D eigenvalue weighted by Gasteiger charge is -2.25. The predicted molar refractivity (Wildman–Crippen MR) is 90.8 cm³/mol. The van der Waals surface area contributed by atoms with E-state index in [-0.39, 0.29) is 12.1 Å². The van der Waals surface area contributed by atoms with Gasteiger partial charge in [-0.15, -0.1) is 11.8 Å². The zero-order valence-corrected chi connectivity index (χ0v) is 13.8. The number of rotatable bonds is 5. The fraction of sp³-hybridized carbons (Fsp3) is 0.375. The van der Waals surface area contributed by atoms with E-state index in [2.05, 4.69) is 27.9 Å². The van der Waals surface area contributed by atoms with Gasteiger partial charge in [-0.1, -0.05) is 18.2 Å². The largest absolute Gasteiger partial charge is 0.383 e. The summed E-state index contributed by atoms with van der Waals surface area (Å²) in [4.78, 5) is 13.5. The van der Waals surface area contributed by atoms with Crippen LogP contribution in [0.4, 0.5) is 10.5 Å². The summed E-state index contributed by atoms with van der Waals surface area (Å²) in [5.41, 5.74) is 1.87. The number of hydrogen-bond donors (Lipinski definition) is 2. The van der Waals surface area contributed by atoms with Crippen molar-refractivity contribution in [1.82, 2.24) is 15.1 Å². The third kappa shape index (κ3) is 4.05. The second-order valence-electron chi connectivity index (χ2n) is 5.31. The number of amides is 2. The average molecular weight is 332 g/mol. The number of hydrogen-bond acceptors (Lipinski definition) is 4. The molecular weight excluding hydrogens is 312 g/mol. The van der Waals surface area contributed by atoms with E-state index in [1.807, 2.05) is 23.9 Å². The molecule has 1 aromatic carbocycles. The number of fused-ring (bicyclic) bond motifs is 1. The molecule has 1 aliphatic heterocycles. The Morgan fingerprint density at radius 3 is 3.22 bits per heavy atom. The number of anilines is 1. The maximum atomic E-state index is 12.2. The molecule has 6 nitrogen and oxygen atoms in total. The van der Waals surface area contributed by atoms with Crippen LogP contribution in [-0.2, 0) is 11.3 Å². The van der Waals surface area contributed by atoms with Crippen molar-refractivity contribution in [1.29, 1.82) is 0 Å². The van der Waals surface area contributed by atoms with Crippen molar-refractivity contribution in [3.8, 4) is 0 Å². The Bertz CT molecular complexity index is 674. The molecule has 2 amide bonds. The first-order chi connectivity index (χ1) is 11.3. The van der Waals surface area contributed by atoms with Crippen molar-refractivity contribution in [3.63, 3.8) is 0 Å². The third-order valence-corrected chi connectivity index (χ3v) is 4.80. The van der Waals surface area contributed by atoms with Crippen LogP contribution in [0.1, 0.15) is 18.0 Å². The van der Waals surface area contributed by atoms with Gasteiger partial charge in [-0.2, -0.15) is 5.10 Å². The number of methoxy groups -OCH3 is 1. The van der Waals surface area contributed by atoms with Crippen molar-refractivity contribution >= 4 is 23.5 Å². The van der Waals surface area contributed by atoms with Gasteiger partial charge in [-0.25, -0.2) is 4.79 Å². The van der Waals surface area contributed by atoms with Gasteiger partial charge in [0.2, 0.25) is 0 Å². The monoisotopic (exact) mass is 332 g/mol. The molecule has 1 unspecified atom stereocenters. The SMILES string of the molecule is COCCn1cc(NC(=O)NC2CCSc3ccccc32)cn1. The van der Waals surface area contributed by atoms with E-state index in [0.29, 0.717) is 18.8 Å². The fourth-order valence-electron chi connectivity index (χ4n) is 2.55. The number of carbonyl (C=O) groups is 1. The second kappa shape index (κ2) is 7.52. The minimum Gasteiger partial charge on any atom is -0.383 e. The summed E-state index contributed by atoms with van der Waals surface area (Å²) in [5.74, 6) is 1.01. The molecule has 2 N–H and O–H groups in total. The maximum Gasteiger partial charge on any atom is 0.319 e. The van der Waals surface area contributed by atoms with Crippen LogP contribution in [0.15, 0.2) is 41.6 Å². The van der Waals surface area contributed by atoms with E-state index < -0.39 is 0 Å². The van der Waals surface area contributed by atoms with Gasteiger partial charge in [-0.3, -0.25) is 4.68 Å². The average Bonchev–Trinajstić information content (AvgIpc) is 3.00. The molecule has 0 aliphatic carbocycles. The van der Waals surface area contributed by atoms with Crippen LogP contribution in [-0.4, -0.2) is 35.3 Å². The summed E-state index contributed by atoms with van der Waals surface area (Å²) < 4.78 is 6.75. The molecule has 0 spiro atoms. The van der Waals surface area contributed by atoms with Crippen LogP contribution < -0.4 is 10.6 Å². The van der Waals surface area contributed by atoms with Crippen molar-refractivity contribution < 1.29 is 9.53 Å². The number of ether oxygens (including phenoxy) is 1. The zero-order valence-electron chi connectivity index (χ0n) is 13.0. The van der Waals surface area contributed by atoms with E-state index in [0.717, 1.165) is 12.2 Å². The second-order valence-corrected chi connectivity index (χ2v) is 6.45. The highest BCUT2D eigenvalue weighted by Gasteiger charge is 2.21. The summed E-state index contributed by atoms with van der Waals surface area (Å²) in [5, 5.41) is 10.1. The number of benzene rings is 1. The molecule has 1 aromatic heterocycles. The molecule has 3 rings (SSSR count). The van der Waals surface area contributed by atoms with Gasteiger partial charge in [0, 0.05) is 24.0 Å². The highest BCUT2D eigenvalue weighted by Crippen LogP contribution is 2.35. The molecule has 0 saturated carbocycles. The minimum atomic E-state index is -0.206. The van der Waals surface area contributed by atoms with Gasteiger partial charge in [0.05, 0.1) is 31.1 Å². The standard InChI is InChI=1S/C16H20N4O2S/c1-22-8-7-20-11-12(10-17-20)18-16(21)19-14-6-9-23-15-5-3-2-4-13(14)15/h2-5,10-11,14H,6-9H2,1H3,(H2,18,19,21). The van der Waals surface area contributed by atoms with Gasteiger partial charge in [0.25, 0.3) is 0 Å². The molecule has 2 heterocycles. The Morgan fingerprint density at radius 2 is 2.35 bits per heavy atom. The fourth-order valence-corrected chi connectivity index (χ4v) is 3.68. The Kier molecular flexibility index (Phi) is 5.19. The van der Waals surface area contributed by atoms with Gasteiger partial charge in [0.15, 0.2) is 0 Å². The predicted octanol–water partition coefficient (Wildman–Crippen LogP) is 2.89. The molecule has 0 fully saturated rings. The van der Waals surface area contributed by atoms with Crippen LogP contribution in [0.25, 0.3) is 0 Å². The minimum absolute atomic E-state index is 0.0518. The van der Waals surface area contributed by atoms with E-state index in [4.69, 9.17) is 4.74 Å². The van der Waals surface area contributed by atoms with Crippen LogP contribution in [0.3, 0.4) is 0 Å². The summed E-state index contributed by atoms with van der Waals surface area (Å²) >= 11 is 1.84. The quantitative estimate of drug-likeness (QED) is 0.883. The summed E-state index contributed by atoms with van der Waals surface area (Å²) in [7, 11) is 1.65. The highest BCUT2D eigenvalue weighted by molar-refractivity contribution is 7.99. The molecule has 122 valence electrons. The molecule has 0 radical (unpaired) electrons. The van der Waals surface area contributed by atoms with E-state index in [9.17, 15) is 4.79 Å². The van der Waals surface area contributed by atoms with Crippen molar-refractivity contribution in [2.75, 3.05) is 24.8 Å². The van der Waals surface area contributed by atoms with Gasteiger partial charge in [0.1, 0.15) is 0 Å². The normalized spacial score (nSPS) is 16.7. The van der Waals surface area contributed by atoms with Crippen LogP contribution in [0, 0.1) is 0 Å². The first-order valence-corrected chi connectivity index (χ1v) is 8.55. The molecular formula is C16H20N4O2S. The summed E-state index contributed by atoms with van der Waals surface area (Å²) in [6.07, 6.45) is 4.37. The van der Waals surface area contributed by atoms with Gasteiger partial charge < -0.3 is 15.4 Å². The summed E-state index contributed by atoms with van der Waals surface area (Å²) in [6, 6.07) is 8.07. The van der Waals surface area contributed by atoms with E-state index in [1.54, 1.807) is 24.2 Å². The molecule has 1 aliphatic rings. The van der Waals surface area contributed by atoms with Crippen LogP contribution >= 0.6 is 11.8 Å². The highest BCUT2D eigenvalue weighted by atomic mass is 32.2. The van der Waals surface area contributed by atoms with Gasteiger partial charge >= 0.3 is 6.03 Å². The first-order valence-electron chi connectivity index (χ1n) is 7.57. The lowest BCUT2D eigenvalue weighted by molar-refractivity contribution is 0.183. The van der Waals surface area contributed by atoms with E-state index >= 15 is 0 Å². The lowest BCUT2D eigenvalue weighted by atomic mass is 10.0.